The van der Waals surface area contributed by atoms with Gasteiger partial charge in [-0.2, -0.15) is 0 Å². The number of aromatic nitrogens is 3. The van der Waals surface area contributed by atoms with Crippen LogP contribution in [0.2, 0.25) is 0 Å². The lowest BCUT2D eigenvalue weighted by Crippen LogP contribution is -2.59. The van der Waals surface area contributed by atoms with E-state index >= 15 is 0 Å². The summed E-state index contributed by atoms with van der Waals surface area (Å²) >= 11 is 0. The van der Waals surface area contributed by atoms with Crippen molar-refractivity contribution in [3.8, 4) is 0 Å². The highest BCUT2D eigenvalue weighted by Crippen LogP contribution is 2.40. The van der Waals surface area contributed by atoms with Gasteiger partial charge < -0.3 is 9.84 Å². The van der Waals surface area contributed by atoms with Crippen LogP contribution in [0.1, 0.15) is 18.5 Å². The first-order valence-electron chi connectivity index (χ1n) is 6.97. The van der Waals surface area contributed by atoms with Crippen molar-refractivity contribution in [3.63, 3.8) is 0 Å². The summed E-state index contributed by atoms with van der Waals surface area (Å²) in [6.07, 6.45) is 8.43. The second-order valence-electron chi connectivity index (χ2n) is 5.90. The molecular formula is C14H18N4O2. The lowest BCUT2D eigenvalue weighted by Gasteiger charge is -2.49. The van der Waals surface area contributed by atoms with Crippen LogP contribution < -0.4 is 0 Å². The van der Waals surface area contributed by atoms with Crippen molar-refractivity contribution in [2.24, 2.45) is 0 Å². The number of nitrogens with zero attached hydrogens (tertiary/aromatic N) is 4. The molecule has 0 aromatic carbocycles. The van der Waals surface area contributed by atoms with Crippen molar-refractivity contribution in [2.45, 2.75) is 30.5 Å². The summed E-state index contributed by atoms with van der Waals surface area (Å²) in [6, 6.07) is 0.528. The van der Waals surface area contributed by atoms with Gasteiger partial charge in [-0.1, -0.05) is 0 Å². The lowest BCUT2D eigenvalue weighted by molar-refractivity contribution is -0.139. The molecule has 2 aliphatic heterocycles. The highest BCUT2D eigenvalue weighted by molar-refractivity contribution is 5.39. The molecule has 2 bridgehead atoms. The second-order valence-corrected chi connectivity index (χ2v) is 5.90. The molecule has 2 fully saturated rings. The maximum atomic E-state index is 11.2. The molecule has 6 heteroatoms. The van der Waals surface area contributed by atoms with Crippen molar-refractivity contribution in [1.29, 1.82) is 0 Å². The topological polar surface area (TPSA) is 62.9 Å². The Balaban J connectivity index is 1.77. The van der Waals surface area contributed by atoms with E-state index in [0.717, 1.165) is 11.3 Å². The maximum Gasteiger partial charge on any atom is 0.155 e. The number of aliphatic hydroxyl groups is 1. The van der Waals surface area contributed by atoms with E-state index in [-0.39, 0.29) is 12.1 Å². The van der Waals surface area contributed by atoms with Gasteiger partial charge in [-0.25, -0.2) is 4.98 Å². The summed E-state index contributed by atoms with van der Waals surface area (Å²) in [5, 5.41) is 11.2. The second kappa shape index (κ2) is 4.25. The van der Waals surface area contributed by atoms with Crippen LogP contribution in [0.4, 0.5) is 0 Å². The van der Waals surface area contributed by atoms with Gasteiger partial charge in [0.15, 0.2) is 5.65 Å². The molecule has 0 radical (unpaired) electrons. The molecule has 106 valence electrons. The van der Waals surface area contributed by atoms with Crippen molar-refractivity contribution < 1.29 is 9.84 Å². The van der Waals surface area contributed by atoms with E-state index in [2.05, 4.69) is 21.9 Å². The Kier molecular flexibility index (Phi) is 2.60. The fraction of sp³-hybridized carbons (Fsp3) is 0.571. The summed E-state index contributed by atoms with van der Waals surface area (Å²) in [7, 11) is 2.12. The van der Waals surface area contributed by atoms with E-state index in [1.807, 2.05) is 10.6 Å². The van der Waals surface area contributed by atoms with Gasteiger partial charge in [0, 0.05) is 24.5 Å². The SMILES string of the molecule is CN1C2COCC1CC(O)(c1cnc3cnccn13)C2. The van der Waals surface area contributed by atoms with Gasteiger partial charge in [0.05, 0.1) is 31.3 Å². The Morgan fingerprint density at radius 1 is 1.30 bits per heavy atom. The van der Waals surface area contributed by atoms with Gasteiger partial charge in [0.25, 0.3) is 0 Å². The van der Waals surface area contributed by atoms with E-state index in [1.54, 1.807) is 18.6 Å². The third-order valence-electron chi connectivity index (χ3n) is 4.71. The Hall–Kier alpha value is -1.50. The van der Waals surface area contributed by atoms with Gasteiger partial charge in [-0.15, -0.1) is 0 Å². The summed E-state index contributed by atoms with van der Waals surface area (Å²) in [5.41, 5.74) is 0.794. The Bertz CT molecular complexity index is 627. The predicted octanol–water partition coefficient (Wildman–Crippen LogP) is 0.410. The molecule has 0 saturated carbocycles. The predicted molar refractivity (Wildman–Crippen MR) is 72.3 cm³/mol. The van der Waals surface area contributed by atoms with Gasteiger partial charge in [0.1, 0.15) is 5.60 Å². The summed E-state index contributed by atoms with van der Waals surface area (Å²) in [4.78, 5) is 10.8. The summed E-state index contributed by atoms with van der Waals surface area (Å²) in [6.45, 7) is 1.38. The number of hydrogen-bond donors (Lipinski definition) is 1. The highest BCUT2D eigenvalue weighted by Gasteiger charge is 2.46. The van der Waals surface area contributed by atoms with Gasteiger partial charge in [-0.3, -0.25) is 14.3 Å². The molecule has 2 aliphatic rings. The highest BCUT2D eigenvalue weighted by atomic mass is 16.5. The minimum absolute atomic E-state index is 0.264. The first kappa shape index (κ1) is 12.3. The quantitative estimate of drug-likeness (QED) is 0.816. The molecule has 2 saturated heterocycles. The Morgan fingerprint density at radius 2 is 2.05 bits per heavy atom. The normalized spacial score (nSPS) is 34.5. The van der Waals surface area contributed by atoms with Gasteiger partial charge in [-0.05, 0) is 19.9 Å². The number of piperidine rings is 1. The molecule has 1 N–H and O–H groups in total. The number of fused-ring (bicyclic) bond motifs is 3. The van der Waals surface area contributed by atoms with Crippen LogP contribution >= 0.6 is 0 Å². The first-order chi connectivity index (χ1) is 9.67. The molecule has 2 unspecified atom stereocenters. The van der Waals surface area contributed by atoms with Crippen LogP contribution in [-0.4, -0.2) is 56.7 Å². The van der Waals surface area contributed by atoms with Crippen LogP contribution in [0.25, 0.3) is 5.65 Å². The zero-order chi connectivity index (χ0) is 13.7. The maximum absolute atomic E-state index is 11.2. The summed E-state index contributed by atoms with van der Waals surface area (Å²) in [5.74, 6) is 0. The number of morpholine rings is 1. The van der Waals surface area contributed by atoms with Crippen molar-refractivity contribution in [1.82, 2.24) is 19.3 Å². The standard InChI is InChI=1S/C14H18N4O2/c1-17-10-4-14(19,5-11(17)9-20-8-10)12-6-16-13-7-15-2-3-18(12)13/h2-3,6-7,10-11,19H,4-5,8-9H2,1H3. The molecule has 2 atom stereocenters. The Labute approximate surface area is 117 Å². The van der Waals surface area contributed by atoms with E-state index in [0.29, 0.717) is 26.1 Å². The Morgan fingerprint density at radius 3 is 2.80 bits per heavy atom. The zero-order valence-electron chi connectivity index (χ0n) is 11.4. The third kappa shape index (κ3) is 1.69. The average Bonchev–Trinajstić information content (AvgIpc) is 2.85. The van der Waals surface area contributed by atoms with Gasteiger partial charge in [0.2, 0.25) is 0 Å². The number of hydrogen-bond acceptors (Lipinski definition) is 5. The van der Waals surface area contributed by atoms with Crippen molar-refractivity contribution >= 4 is 5.65 Å². The lowest BCUT2D eigenvalue weighted by atomic mass is 9.79. The van der Waals surface area contributed by atoms with Crippen molar-refractivity contribution in [2.75, 3.05) is 20.3 Å². The van der Waals surface area contributed by atoms with E-state index in [1.165, 1.54) is 0 Å². The largest absolute Gasteiger partial charge is 0.383 e. The number of imidazole rings is 1. The zero-order valence-corrected chi connectivity index (χ0v) is 11.4. The van der Waals surface area contributed by atoms with Crippen LogP contribution in [0.3, 0.4) is 0 Å². The van der Waals surface area contributed by atoms with E-state index < -0.39 is 5.60 Å². The number of ether oxygens (including phenoxy) is 1. The number of rotatable bonds is 1. The third-order valence-corrected chi connectivity index (χ3v) is 4.71. The summed E-state index contributed by atoms with van der Waals surface area (Å²) < 4.78 is 7.56. The molecule has 0 spiro atoms. The smallest absolute Gasteiger partial charge is 0.155 e. The molecular weight excluding hydrogens is 256 g/mol. The molecule has 0 amide bonds. The monoisotopic (exact) mass is 274 g/mol. The first-order valence-corrected chi connectivity index (χ1v) is 6.97. The van der Waals surface area contributed by atoms with Crippen molar-refractivity contribution in [3.05, 3.63) is 30.5 Å². The molecule has 6 nitrogen and oxygen atoms in total. The van der Waals surface area contributed by atoms with Gasteiger partial charge >= 0.3 is 0 Å². The number of likely N-dealkylation sites (N-methyl/N-ethyl adjacent to an activating group) is 1. The minimum Gasteiger partial charge on any atom is -0.383 e. The van der Waals surface area contributed by atoms with Crippen LogP contribution in [0.15, 0.2) is 24.8 Å². The molecule has 0 aliphatic carbocycles. The fourth-order valence-electron chi connectivity index (χ4n) is 3.54. The van der Waals surface area contributed by atoms with Crippen LogP contribution in [-0.2, 0) is 10.3 Å². The van der Waals surface area contributed by atoms with Crippen LogP contribution in [0.5, 0.6) is 0 Å². The molecule has 20 heavy (non-hydrogen) atoms. The van der Waals surface area contributed by atoms with E-state index in [9.17, 15) is 5.11 Å². The molecule has 2 aromatic rings. The molecule has 4 heterocycles. The molecule has 2 aromatic heterocycles. The average molecular weight is 274 g/mol. The fourth-order valence-corrected chi connectivity index (χ4v) is 3.54. The van der Waals surface area contributed by atoms with E-state index in [4.69, 9.17) is 4.74 Å². The minimum atomic E-state index is -0.841. The van der Waals surface area contributed by atoms with Crippen LogP contribution in [0, 0.1) is 0 Å². The molecule has 4 rings (SSSR count).